The maximum absolute atomic E-state index is 14.7. The van der Waals surface area contributed by atoms with Crippen molar-refractivity contribution >= 4 is 51.9 Å². The number of anilines is 4. The first-order valence-electron chi connectivity index (χ1n) is 16.5. The van der Waals surface area contributed by atoms with Gasteiger partial charge < -0.3 is 25.2 Å². The lowest BCUT2D eigenvalue weighted by molar-refractivity contribution is 0.0301. The molecular formula is C38H30F3N5O4S. The molecule has 3 aliphatic heterocycles. The molecule has 3 aromatic carbocycles. The van der Waals surface area contributed by atoms with Crippen LogP contribution in [-0.2, 0) is 11.2 Å². The summed E-state index contributed by atoms with van der Waals surface area (Å²) in [6.07, 6.45) is 4.26. The molecule has 0 aliphatic carbocycles. The highest BCUT2D eigenvalue weighted by molar-refractivity contribution is 7.17. The molecule has 0 radical (unpaired) electrons. The van der Waals surface area contributed by atoms with Gasteiger partial charge in [0.15, 0.2) is 0 Å². The molecule has 13 heteroatoms. The number of benzene rings is 3. The summed E-state index contributed by atoms with van der Waals surface area (Å²) in [5, 5.41) is 5.23. The minimum Gasteiger partial charge on any atom is -0.371 e. The molecule has 2 N–H and O–H groups in total. The second-order valence-electron chi connectivity index (χ2n) is 12.7. The molecule has 51 heavy (non-hydrogen) atoms. The van der Waals surface area contributed by atoms with Crippen LogP contribution in [0.5, 0.6) is 0 Å². The minimum absolute atomic E-state index is 0.134. The quantitative estimate of drug-likeness (QED) is 0.192. The molecule has 0 saturated carbocycles. The van der Waals surface area contributed by atoms with Crippen molar-refractivity contribution in [3.05, 3.63) is 124 Å². The number of carbonyl (C=O) groups excluding carboxylic acids is 3. The van der Waals surface area contributed by atoms with Crippen molar-refractivity contribution in [1.29, 1.82) is 0 Å². The minimum atomic E-state index is -0.898. The number of ether oxygens (including phenoxy) is 1. The van der Waals surface area contributed by atoms with Crippen molar-refractivity contribution in [2.24, 2.45) is 0 Å². The Morgan fingerprint density at radius 3 is 2.33 bits per heavy atom. The van der Waals surface area contributed by atoms with Crippen LogP contribution in [0.2, 0.25) is 0 Å². The van der Waals surface area contributed by atoms with E-state index in [9.17, 15) is 27.6 Å². The molecule has 258 valence electrons. The highest BCUT2D eigenvalue weighted by Crippen LogP contribution is 2.42. The molecule has 9 nitrogen and oxygen atoms in total. The lowest BCUT2D eigenvalue weighted by Gasteiger charge is -2.33. The Hall–Kier alpha value is -5.53. The van der Waals surface area contributed by atoms with Gasteiger partial charge in [-0.3, -0.25) is 14.4 Å². The van der Waals surface area contributed by atoms with Crippen LogP contribution in [0.25, 0.3) is 10.4 Å². The van der Waals surface area contributed by atoms with Gasteiger partial charge in [0.1, 0.15) is 29.0 Å². The van der Waals surface area contributed by atoms with E-state index < -0.39 is 29.0 Å². The van der Waals surface area contributed by atoms with Crippen molar-refractivity contribution < 1.29 is 32.3 Å². The average Bonchev–Trinajstić information content (AvgIpc) is 3.68. The maximum atomic E-state index is 14.7. The van der Waals surface area contributed by atoms with Gasteiger partial charge in [0.05, 0.1) is 28.3 Å². The number of fused-ring (bicyclic) bond motifs is 5. The number of hydrogen-bond donors (Lipinski definition) is 2. The molecule has 2 saturated heterocycles. The van der Waals surface area contributed by atoms with E-state index in [1.807, 2.05) is 0 Å². The van der Waals surface area contributed by atoms with Crippen LogP contribution in [0.15, 0.2) is 85.1 Å². The van der Waals surface area contributed by atoms with Gasteiger partial charge in [-0.15, -0.1) is 11.3 Å². The first kappa shape index (κ1) is 32.7. The molecule has 3 amide bonds. The molecule has 3 aliphatic rings. The maximum Gasteiger partial charge on any atom is 0.265 e. The average molecular weight is 710 g/mol. The van der Waals surface area contributed by atoms with Gasteiger partial charge in [-0.05, 0) is 97.6 Å². The lowest BCUT2D eigenvalue weighted by atomic mass is 10.1. The first-order valence-corrected chi connectivity index (χ1v) is 17.3. The SMILES string of the molecule is O=C(Nc1c(F)cccc1F)c1cc2c(s1)-c1ccc(F)cc1N(C(=O)c1ccc(NC(=O)c3cccnc3N3CC4CCC(C3)O4)cc1)CC2. The third kappa shape index (κ3) is 6.34. The van der Waals surface area contributed by atoms with Crippen LogP contribution in [0, 0.1) is 17.5 Å². The number of rotatable bonds is 6. The monoisotopic (exact) mass is 709 g/mol. The predicted molar refractivity (Wildman–Crippen MR) is 188 cm³/mol. The number of morpholine rings is 1. The molecule has 5 heterocycles. The zero-order valence-electron chi connectivity index (χ0n) is 27.0. The third-order valence-electron chi connectivity index (χ3n) is 9.34. The summed E-state index contributed by atoms with van der Waals surface area (Å²) in [4.78, 5) is 49.4. The zero-order chi connectivity index (χ0) is 35.2. The fourth-order valence-corrected chi connectivity index (χ4v) is 8.03. The fraction of sp³-hybridized carbons (Fsp3) is 0.211. The first-order chi connectivity index (χ1) is 24.7. The number of aromatic nitrogens is 1. The summed E-state index contributed by atoms with van der Waals surface area (Å²) >= 11 is 1.09. The van der Waals surface area contributed by atoms with Crippen molar-refractivity contribution in [2.45, 2.75) is 31.5 Å². The van der Waals surface area contributed by atoms with Gasteiger partial charge in [-0.25, -0.2) is 18.2 Å². The molecule has 2 atom stereocenters. The zero-order valence-corrected chi connectivity index (χ0v) is 27.8. The summed E-state index contributed by atoms with van der Waals surface area (Å²) in [5.41, 5.74) is 2.31. The van der Waals surface area contributed by atoms with Crippen molar-refractivity contribution in [2.75, 3.05) is 40.1 Å². The standard InChI is InChI=1S/C38H30F3N5O4S/c39-23-8-13-27-31(18-23)46(16-14-22-17-32(51-34(22)27)37(48)44-33-29(40)4-1-5-30(33)41)38(49)21-6-9-24(10-7-21)43-36(47)28-3-2-15-42-35(28)45-19-25-11-12-26(20-45)50-25/h1-10,13,15,17-18,25-26H,11-12,14,16,19-20H2,(H,43,47)(H,44,48). The van der Waals surface area contributed by atoms with E-state index in [-0.39, 0.29) is 35.4 Å². The molecule has 8 rings (SSSR count). The number of nitrogens with one attached hydrogen (secondary N) is 2. The highest BCUT2D eigenvalue weighted by atomic mass is 32.1. The van der Waals surface area contributed by atoms with Crippen LogP contribution in [0.3, 0.4) is 0 Å². The van der Waals surface area contributed by atoms with Crippen molar-refractivity contribution in [3.63, 3.8) is 0 Å². The van der Waals surface area contributed by atoms with Gasteiger partial charge in [-0.1, -0.05) is 6.07 Å². The van der Waals surface area contributed by atoms with Crippen molar-refractivity contribution in [1.82, 2.24) is 4.98 Å². The number of amides is 3. The van der Waals surface area contributed by atoms with Crippen LogP contribution in [0.4, 0.5) is 36.1 Å². The normalized spacial score (nSPS) is 17.7. The third-order valence-corrected chi connectivity index (χ3v) is 10.6. The molecule has 2 fully saturated rings. The van der Waals surface area contributed by atoms with E-state index >= 15 is 0 Å². The van der Waals surface area contributed by atoms with Crippen LogP contribution in [0.1, 0.15) is 48.8 Å². The smallest absolute Gasteiger partial charge is 0.265 e. The molecule has 5 aromatic rings. The van der Waals surface area contributed by atoms with Crippen LogP contribution < -0.4 is 20.4 Å². The van der Waals surface area contributed by atoms with E-state index in [0.717, 1.165) is 41.9 Å². The number of para-hydroxylation sites is 1. The van der Waals surface area contributed by atoms with Gasteiger partial charge in [0, 0.05) is 47.5 Å². The van der Waals surface area contributed by atoms with Gasteiger partial charge in [0.25, 0.3) is 17.7 Å². The highest BCUT2D eigenvalue weighted by Gasteiger charge is 2.35. The molecule has 0 spiro atoms. The summed E-state index contributed by atoms with van der Waals surface area (Å²) in [5.74, 6) is -3.13. The van der Waals surface area contributed by atoms with Gasteiger partial charge in [-0.2, -0.15) is 0 Å². The Labute approximate surface area is 294 Å². The van der Waals surface area contributed by atoms with Gasteiger partial charge in [0.2, 0.25) is 0 Å². The Balaban J connectivity index is 1.00. The van der Waals surface area contributed by atoms with Crippen LogP contribution in [-0.4, -0.2) is 54.5 Å². The summed E-state index contributed by atoms with van der Waals surface area (Å²) in [6, 6.07) is 19.0. The Bertz CT molecular complexity index is 2160. The van der Waals surface area contributed by atoms with E-state index in [0.29, 0.717) is 58.3 Å². The van der Waals surface area contributed by atoms with E-state index in [1.54, 1.807) is 54.7 Å². The number of carbonyl (C=O) groups is 3. The van der Waals surface area contributed by atoms with E-state index in [4.69, 9.17) is 4.74 Å². The summed E-state index contributed by atoms with van der Waals surface area (Å²) in [7, 11) is 0. The molecular weight excluding hydrogens is 680 g/mol. The largest absolute Gasteiger partial charge is 0.371 e. The number of hydrogen-bond acceptors (Lipinski definition) is 7. The number of pyridine rings is 1. The lowest BCUT2D eigenvalue weighted by Crippen LogP contribution is -2.43. The second kappa shape index (κ2) is 13.3. The number of nitrogens with zero attached hydrogens (tertiary/aromatic N) is 3. The summed E-state index contributed by atoms with van der Waals surface area (Å²) < 4.78 is 49.0. The van der Waals surface area contributed by atoms with Crippen molar-refractivity contribution in [3.8, 4) is 10.4 Å². The topological polar surface area (TPSA) is 104 Å². The summed E-state index contributed by atoms with van der Waals surface area (Å²) in [6.45, 7) is 1.52. The van der Waals surface area contributed by atoms with E-state index in [2.05, 4.69) is 20.5 Å². The second-order valence-corrected chi connectivity index (χ2v) is 13.7. The Kier molecular flexibility index (Phi) is 8.52. The van der Waals surface area contributed by atoms with Gasteiger partial charge >= 0.3 is 0 Å². The molecule has 2 bridgehead atoms. The van der Waals surface area contributed by atoms with Crippen LogP contribution >= 0.6 is 11.3 Å². The fourth-order valence-electron chi connectivity index (χ4n) is 6.89. The Morgan fingerprint density at radius 2 is 1.59 bits per heavy atom. The number of thiophene rings is 1. The molecule has 2 aromatic heterocycles. The molecule has 2 unspecified atom stereocenters. The number of halogens is 3. The van der Waals surface area contributed by atoms with E-state index in [1.165, 1.54) is 23.1 Å². The predicted octanol–water partition coefficient (Wildman–Crippen LogP) is 7.30. The Morgan fingerprint density at radius 1 is 0.843 bits per heavy atom.